The van der Waals surface area contributed by atoms with Gasteiger partial charge in [-0.25, -0.2) is 15.0 Å². The molecule has 2 aromatic heterocycles. The minimum atomic E-state index is 0.135. The first kappa shape index (κ1) is 17.4. The zero-order valence-corrected chi connectivity index (χ0v) is 14.9. The third kappa shape index (κ3) is 3.81. The maximum Gasteiger partial charge on any atom is 0.146 e. The number of aryl methyl sites for hydroxylation is 1. The van der Waals surface area contributed by atoms with Crippen molar-refractivity contribution in [1.82, 2.24) is 15.0 Å². The molecule has 7 nitrogen and oxygen atoms in total. The van der Waals surface area contributed by atoms with Gasteiger partial charge in [-0.05, 0) is 19.4 Å². The highest BCUT2D eigenvalue weighted by atomic mass is 35.5. The Morgan fingerprint density at radius 1 is 1.44 bits per heavy atom. The van der Waals surface area contributed by atoms with Crippen molar-refractivity contribution < 1.29 is 4.74 Å². The molecule has 1 saturated heterocycles. The summed E-state index contributed by atoms with van der Waals surface area (Å²) in [6.45, 7) is 3.32. The number of nitriles is 1. The van der Waals surface area contributed by atoms with Crippen LogP contribution in [0.25, 0.3) is 0 Å². The van der Waals surface area contributed by atoms with Crippen LogP contribution in [0.15, 0.2) is 24.7 Å². The standard InChI is InChI=1S/C17H19ClN6O/c1-11-5-15(23-10-22-11)24-9-14(25-2)6-13(24)8-21-17-16(18)12(7-19)3-4-20-17/h3-5,10,13-14H,6,8-9H2,1-2H3,(H,20,21)/t13-,14-/m0/s1. The monoisotopic (exact) mass is 358 g/mol. The number of rotatable bonds is 5. The molecule has 130 valence electrons. The largest absolute Gasteiger partial charge is 0.380 e. The third-order valence-electron chi connectivity index (χ3n) is 4.31. The molecule has 1 N–H and O–H groups in total. The van der Waals surface area contributed by atoms with E-state index in [-0.39, 0.29) is 12.1 Å². The van der Waals surface area contributed by atoms with Gasteiger partial charge >= 0.3 is 0 Å². The molecule has 8 heteroatoms. The van der Waals surface area contributed by atoms with Crippen LogP contribution in [-0.2, 0) is 4.74 Å². The van der Waals surface area contributed by atoms with Crippen molar-refractivity contribution >= 4 is 23.2 Å². The second kappa shape index (κ2) is 7.64. The zero-order chi connectivity index (χ0) is 17.8. The highest BCUT2D eigenvalue weighted by Crippen LogP contribution is 2.27. The SMILES string of the molecule is CO[C@H]1C[C@@H](CNc2nccc(C#N)c2Cl)N(c2cc(C)ncn2)C1. The molecule has 2 atom stereocenters. The normalized spacial score (nSPS) is 19.7. The van der Waals surface area contributed by atoms with Gasteiger partial charge in [0, 0.05) is 38.2 Å². The van der Waals surface area contributed by atoms with E-state index in [0.29, 0.717) is 22.9 Å². The second-order valence-corrected chi connectivity index (χ2v) is 6.31. The van der Waals surface area contributed by atoms with E-state index >= 15 is 0 Å². The van der Waals surface area contributed by atoms with Crippen molar-refractivity contribution in [1.29, 1.82) is 5.26 Å². The van der Waals surface area contributed by atoms with Gasteiger partial charge in [-0.3, -0.25) is 0 Å². The average molecular weight is 359 g/mol. The number of nitrogens with zero attached hydrogens (tertiary/aromatic N) is 5. The number of halogens is 1. The molecule has 25 heavy (non-hydrogen) atoms. The minimum Gasteiger partial charge on any atom is -0.380 e. The van der Waals surface area contributed by atoms with Gasteiger partial charge in [-0.15, -0.1) is 0 Å². The summed E-state index contributed by atoms with van der Waals surface area (Å²) in [6, 6.07) is 5.79. The van der Waals surface area contributed by atoms with Crippen molar-refractivity contribution in [3.8, 4) is 6.07 Å². The Morgan fingerprint density at radius 2 is 2.28 bits per heavy atom. The Morgan fingerprint density at radius 3 is 3.00 bits per heavy atom. The number of nitrogens with one attached hydrogen (secondary N) is 1. The molecule has 0 unspecified atom stereocenters. The van der Waals surface area contributed by atoms with Crippen LogP contribution in [0.4, 0.5) is 11.6 Å². The van der Waals surface area contributed by atoms with E-state index in [1.807, 2.05) is 13.0 Å². The van der Waals surface area contributed by atoms with E-state index < -0.39 is 0 Å². The molecule has 0 aromatic carbocycles. The topological polar surface area (TPSA) is 87.0 Å². The predicted molar refractivity (Wildman–Crippen MR) is 95.8 cm³/mol. The number of aromatic nitrogens is 3. The Bertz CT molecular complexity index is 793. The molecule has 1 aliphatic rings. The van der Waals surface area contributed by atoms with Crippen LogP contribution < -0.4 is 10.2 Å². The van der Waals surface area contributed by atoms with Gasteiger partial charge < -0.3 is 15.0 Å². The molecule has 2 aromatic rings. The van der Waals surface area contributed by atoms with Gasteiger partial charge in [-0.1, -0.05) is 11.6 Å². The van der Waals surface area contributed by atoms with E-state index in [1.54, 1.807) is 25.7 Å². The molecule has 0 amide bonds. The van der Waals surface area contributed by atoms with Crippen molar-refractivity contribution in [3.63, 3.8) is 0 Å². The van der Waals surface area contributed by atoms with E-state index in [4.69, 9.17) is 21.6 Å². The molecule has 0 saturated carbocycles. The molecule has 0 radical (unpaired) electrons. The van der Waals surface area contributed by atoms with E-state index in [2.05, 4.69) is 31.2 Å². The third-order valence-corrected chi connectivity index (χ3v) is 4.69. The minimum absolute atomic E-state index is 0.135. The Balaban J connectivity index is 1.77. The van der Waals surface area contributed by atoms with E-state index in [0.717, 1.165) is 24.5 Å². The van der Waals surface area contributed by atoms with E-state index in [9.17, 15) is 0 Å². The van der Waals surface area contributed by atoms with Crippen LogP contribution in [0.1, 0.15) is 17.7 Å². The van der Waals surface area contributed by atoms with Crippen LogP contribution in [0.5, 0.6) is 0 Å². The van der Waals surface area contributed by atoms with Gasteiger partial charge in [0.1, 0.15) is 29.1 Å². The number of hydrogen-bond donors (Lipinski definition) is 1. The quantitative estimate of drug-likeness (QED) is 0.878. The van der Waals surface area contributed by atoms with Gasteiger partial charge in [0.2, 0.25) is 0 Å². The van der Waals surface area contributed by atoms with Crippen molar-refractivity contribution in [2.45, 2.75) is 25.5 Å². The first-order chi connectivity index (χ1) is 12.1. The van der Waals surface area contributed by atoms with Crippen molar-refractivity contribution in [2.24, 2.45) is 0 Å². The fourth-order valence-electron chi connectivity index (χ4n) is 2.98. The average Bonchev–Trinajstić information content (AvgIpc) is 3.04. The fraction of sp³-hybridized carbons (Fsp3) is 0.412. The van der Waals surface area contributed by atoms with Crippen LogP contribution in [-0.4, -0.2) is 47.3 Å². The first-order valence-electron chi connectivity index (χ1n) is 7.99. The summed E-state index contributed by atoms with van der Waals surface area (Å²) in [5.41, 5.74) is 1.33. The van der Waals surface area contributed by atoms with E-state index in [1.165, 1.54) is 0 Å². The number of ether oxygens (including phenoxy) is 1. The van der Waals surface area contributed by atoms with Crippen LogP contribution >= 0.6 is 11.6 Å². The Kier molecular flexibility index (Phi) is 5.31. The van der Waals surface area contributed by atoms with Crippen molar-refractivity contribution in [3.05, 3.63) is 40.9 Å². The number of anilines is 2. The zero-order valence-electron chi connectivity index (χ0n) is 14.1. The lowest BCUT2D eigenvalue weighted by molar-refractivity contribution is 0.118. The molecule has 3 heterocycles. The lowest BCUT2D eigenvalue weighted by Crippen LogP contribution is -2.36. The van der Waals surface area contributed by atoms with Gasteiger partial charge in [0.05, 0.1) is 17.7 Å². The second-order valence-electron chi connectivity index (χ2n) is 5.93. The maximum atomic E-state index is 9.08. The molecule has 1 aliphatic heterocycles. The van der Waals surface area contributed by atoms with Crippen LogP contribution in [0.2, 0.25) is 5.02 Å². The summed E-state index contributed by atoms with van der Waals surface area (Å²) in [7, 11) is 1.72. The van der Waals surface area contributed by atoms with Gasteiger partial charge in [0.25, 0.3) is 0 Å². The first-order valence-corrected chi connectivity index (χ1v) is 8.36. The summed E-state index contributed by atoms with van der Waals surface area (Å²) in [6.07, 6.45) is 4.15. The number of methoxy groups -OCH3 is 1. The molecular weight excluding hydrogens is 340 g/mol. The van der Waals surface area contributed by atoms with Gasteiger partial charge in [0.15, 0.2) is 0 Å². The summed E-state index contributed by atoms with van der Waals surface area (Å²) < 4.78 is 5.54. The molecule has 0 spiro atoms. The molecule has 0 bridgehead atoms. The summed E-state index contributed by atoms with van der Waals surface area (Å²) in [5.74, 6) is 1.39. The molecular formula is C17H19ClN6O. The molecule has 3 rings (SSSR count). The van der Waals surface area contributed by atoms with Crippen LogP contribution in [0.3, 0.4) is 0 Å². The Hall–Kier alpha value is -2.43. The highest BCUT2D eigenvalue weighted by molar-refractivity contribution is 6.34. The predicted octanol–water partition coefficient (Wildman–Crippen LogP) is 2.41. The summed E-state index contributed by atoms with van der Waals surface area (Å²) in [5, 5.41) is 12.7. The van der Waals surface area contributed by atoms with Crippen molar-refractivity contribution in [2.75, 3.05) is 30.4 Å². The lowest BCUT2D eigenvalue weighted by atomic mass is 10.2. The summed E-state index contributed by atoms with van der Waals surface area (Å²) in [4.78, 5) is 15.0. The molecule has 1 fully saturated rings. The lowest BCUT2D eigenvalue weighted by Gasteiger charge is -2.26. The number of hydrogen-bond acceptors (Lipinski definition) is 7. The highest BCUT2D eigenvalue weighted by Gasteiger charge is 2.33. The fourth-order valence-corrected chi connectivity index (χ4v) is 3.20. The number of pyridine rings is 1. The van der Waals surface area contributed by atoms with Crippen LogP contribution in [0, 0.1) is 18.3 Å². The smallest absolute Gasteiger partial charge is 0.146 e. The maximum absolute atomic E-state index is 9.08. The van der Waals surface area contributed by atoms with Gasteiger partial charge in [-0.2, -0.15) is 5.26 Å². The summed E-state index contributed by atoms with van der Waals surface area (Å²) >= 11 is 6.22. The Labute approximate surface area is 151 Å². The molecule has 0 aliphatic carbocycles.